The first-order chi connectivity index (χ1) is 35.0. The Labute approximate surface area is 436 Å². The summed E-state index contributed by atoms with van der Waals surface area (Å²) in [6.45, 7) is 6.27. The maximum Gasteiger partial charge on any atom is 0.310 e. The van der Waals surface area contributed by atoms with Crippen molar-refractivity contribution in [2.24, 2.45) is 0 Å². The lowest BCUT2D eigenvalue weighted by Gasteiger charge is -2.18. The maximum atomic E-state index is 12.8. The molecule has 0 rings (SSSR count). The Kier molecular flexibility index (Phi) is 54.5. The molecule has 0 aliphatic heterocycles. The lowest BCUT2D eigenvalue weighted by molar-refractivity contribution is -0.166. The number of carbonyl (C=O) groups is 3. The Hall–Kier alpha value is -4.45. The summed E-state index contributed by atoms with van der Waals surface area (Å²) in [6, 6.07) is 0. The van der Waals surface area contributed by atoms with Crippen molar-refractivity contribution in [3.63, 3.8) is 0 Å². The Bertz CT molecular complexity index is 1550. The number of allylic oxidation sites excluding steroid dienone is 21. The van der Waals surface area contributed by atoms with Crippen molar-refractivity contribution in [2.45, 2.75) is 245 Å². The normalized spacial score (nSPS) is 13.1. The van der Waals surface area contributed by atoms with E-state index in [9.17, 15) is 14.4 Å². The summed E-state index contributed by atoms with van der Waals surface area (Å²) in [5.74, 6) is -1.10. The van der Waals surface area contributed by atoms with Crippen LogP contribution in [0.5, 0.6) is 0 Å². The third-order valence-corrected chi connectivity index (χ3v) is 11.7. The van der Waals surface area contributed by atoms with E-state index in [4.69, 9.17) is 14.2 Å². The molecule has 0 aromatic heterocycles. The van der Waals surface area contributed by atoms with Crippen LogP contribution in [0.25, 0.3) is 0 Å². The molecule has 0 aliphatic rings. The molecule has 0 spiro atoms. The van der Waals surface area contributed by atoms with Crippen molar-refractivity contribution < 1.29 is 28.6 Å². The Morgan fingerprint density at radius 2 is 0.592 bits per heavy atom. The van der Waals surface area contributed by atoms with Crippen molar-refractivity contribution >= 4 is 17.9 Å². The van der Waals surface area contributed by atoms with Crippen LogP contribution in [0.4, 0.5) is 0 Å². The average Bonchev–Trinajstić information content (AvgIpc) is 3.37. The smallest absolute Gasteiger partial charge is 0.310 e. The number of esters is 3. The summed E-state index contributed by atoms with van der Waals surface area (Å²) < 4.78 is 16.7. The monoisotopic (exact) mass is 981 g/mol. The molecule has 0 heterocycles. The van der Waals surface area contributed by atoms with E-state index in [1.54, 1.807) is 6.08 Å². The fraction of sp³-hybridized carbons (Fsp3) is 0.615. The molecule has 0 N–H and O–H groups in total. The predicted octanol–water partition coefficient (Wildman–Crippen LogP) is 19.4. The molecule has 0 saturated carbocycles. The summed E-state index contributed by atoms with van der Waals surface area (Å²) in [4.78, 5) is 38.0. The number of carbonyl (C=O) groups excluding carboxylic acids is 3. The van der Waals surface area contributed by atoms with Gasteiger partial charge in [0.15, 0.2) is 6.10 Å². The maximum absolute atomic E-state index is 12.8. The lowest BCUT2D eigenvalue weighted by atomic mass is 10.1. The van der Waals surface area contributed by atoms with Crippen molar-refractivity contribution in [3.05, 3.63) is 134 Å². The largest absolute Gasteiger partial charge is 0.462 e. The molecule has 1 unspecified atom stereocenters. The first-order valence-electron chi connectivity index (χ1n) is 28.7. The number of ether oxygens (including phenoxy) is 3. The van der Waals surface area contributed by atoms with Crippen molar-refractivity contribution in [2.75, 3.05) is 13.2 Å². The fourth-order valence-electron chi connectivity index (χ4n) is 7.42. The highest BCUT2D eigenvalue weighted by molar-refractivity contribution is 5.72. The molecule has 1 atom stereocenters. The van der Waals surface area contributed by atoms with E-state index in [2.05, 4.69) is 142 Å². The minimum atomic E-state index is -0.851. The molecule has 0 aromatic carbocycles. The summed E-state index contributed by atoms with van der Waals surface area (Å²) in [5.41, 5.74) is 0. The molecule has 0 aromatic rings. The highest BCUT2D eigenvalue weighted by Crippen LogP contribution is 2.14. The zero-order valence-electron chi connectivity index (χ0n) is 45.7. The molecule has 0 amide bonds. The second-order valence-electron chi connectivity index (χ2n) is 18.4. The molecule has 0 bridgehead atoms. The molecular weight excluding hydrogens is 877 g/mol. The van der Waals surface area contributed by atoms with Crippen LogP contribution in [0.1, 0.15) is 239 Å². The second kappa shape index (κ2) is 58.1. The van der Waals surface area contributed by atoms with Gasteiger partial charge in [-0.3, -0.25) is 14.4 Å². The van der Waals surface area contributed by atoms with Crippen molar-refractivity contribution in [3.8, 4) is 0 Å². The SMILES string of the molecule is CC/C=C\C/C=C\C/C=C\C/C=C\C/C=C\CC(=O)OC(COC(=O)CCCCC/C=C\C/C=C\C/C=C\CC)COC(=O)CCCCCCCCCCCC/C=C\C/C=C\C/C=C\CCCCCCC. The van der Waals surface area contributed by atoms with Crippen LogP contribution in [-0.2, 0) is 28.6 Å². The van der Waals surface area contributed by atoms with E-state index >= 15 is 0 Å². The van der Waals surface area contributed by atoms with Crippen LogP contribution in [-0.4, -0.2) is 37.2 Å². The van der Waals surface area contributed by atoms with Gasteiger partial charge in [0, 0.05) is 12.8 Å². The molecule has 0 aliphatic carbocycles. The molecule has 0 fully saturated rings. The minimum absolute atomic E-state index is 0.0842. The Morgan fingerprint density at radius 3 is 0.944 bits per heavy atom. The second-order valence-corrected chi connectivity index (χ2v) is 18.4. The predicted molar refractivity (Wildman–Crippen MR) is 306 cm³/mol. The summed E-state index contributed by atoms with van der Waals surface area (Å²) >= 11 is 0. The first-order valence-corrected chi connectivity index (χ1v) is 28.7. The van der Waals surface area contributed by atoms with Gasteiger partial charge in [0.2, 0.25) is 0 Å². The van der Waals surface area contributed by atoms with E-state index in [1.807, 2.05) is 6.08 Å². The van der Waals surface area contributed by atoms with Gasteiger partial charge in [0.1, 0.15) is 13.2 Å². The van der Waals surface area contributed by atoms with Gasteiger partial charge in [-0.05, 0) is 116 Å². The summed E-state index contributed by atoms with van der Waals surface area (Å²) in [5, 5.41) is 0. The topological polar surface area (TPSA) is 78.9 Å². The summed E-state index contributed by atoms with van der Waals surface area (Å²) in [6.07, 6.45) is 81.9. The highest BCUT2D eigenvalue weighted by Gasteiger charge is 2.19. The quantitative estimate of drug-likeness (QED) is 0.0262. The first kappa shape index (κ1) is 66.6. The number of unbranched alkanes of at least 4 members (excludes halogenated alkanes) is 18. The van der Waals surface area contributed by atoms with E-state index < -0.39 is 12.1 Å². The van der Waals surface area contributed by atoms with E-state index in [0.717, 1.165) is 103 Å². The third kappa shape index (κ3) is 56.3. The minimum Gasteiger partial charge on any atom is -0.462 e. The molecule has 0 saturated heterocycles. The molecule has 6 nitrogen and oxygen atoms in total. The number of hydrogen-bond acceptors (Lipinski definition) is 6. The van der Waals surface area contributed by atoms with Gasteiger partial charge in [0.05, 0.1) is 6.42 Å². The van der Waals surface area contributed by atoms with Crippen molar-refractivity contribution in [1.82, 2.24) is 0 Å². The van der Waals surface area contributed by atoms with Crippen LogP contribution in [0.15, 0.2) is 134 Å². The highest BCUT2D eigenvalue weighted by atomic mass is 16.6. The average molecular weight is 982 g/mol. The Morgan fingerprint density at radius 1 is 0.310 bits per heavy atom. The fourth-order valence-corrected chi connectivity index (χ4v) is 7.42. The molecule has 400 valence electrons. The van der Waals surface area contributed by atoms with Gasteiger partial charge in [0.25, 0.3) is 0 Å². The Balaban J connectivity index is 4.43. The van der Waals surface area contributed by atoms with Crippen LogP contribution in [0.3, 0.4) is 0 Å². The standard InChI is InChI=1S/C65H104O6/c1-4-7-10-13-16-19-22-25-27-28-29-30-31-32-33-34-35-36-38-40-43-46-49-52-55-58-64(67)70-61-62(60-69-63(66)57-54-51-48-45-42-39-24-21-18-15-12-9-6-3)71-65(68)59-56-53-50-47-44-41-37-26-23-20-17-14-11-8-5-2/h8-9,11-12,17-18,20-22,25-26,28-29,31-32,37,39,42,44,47,53,56,62H,4-7,10,13-16,19,23-24,27,30,33-36,38,40-41,43,45-46,48-52,54-55,57-61H2,1-3H3/b11-8-,12-9-,20-17-,21-18-,25-22-,29-28-,32-31-,37-26-,42-39-,47-44-,56-53-. The van der Waals surface area contributed by atoms with Gasteiger partial charge >= 0.3 is 17.9 Å². The third-order valence-electron chi connectivity index (χ3n) is 11.7. The van der Waals surface area contributed by atoms with Crippen LogP contribution in [0, 0.1) is 0 Å². The van der Waals surface area contributed by atoms with E-state index in [0.29, 0.717) is 19.3 Å². The van der Waals surface area contributed by atoms with Gasteiger partial charge in [-0.15, -0.1) is 0 Å². The number of hydrogen-bond donors (Lipinski definition) is 0. The van der Waals surface area contributed by atoms with Crippen LogP contribution >= 0.6 is 0 Å². The van der Waals surface area contributed by atoms with E-state index in [-0.39, 0.29) is 31.6 Å². The summed E-state index contributed by atoms with van der Waals surface area (Å²) in [7, 11) is 0. The van der Waals surface area contributed by atoms with Gasteiger partial charge in [-0.2, -0.15) is 0 Å². The zero-order valence-corrected chi connectivity index (χ0v) is 45.7. The van der Waals surface area contributed by atoms with Crippen LogP contribution in [0.2, 0.25) is 0 Å². The lowest BCUT2D eigenvalue weighted by Crippen LogP contribution is -2.30. The van der Waals surface area contributed by atoms with Gasteiger partial charge in [-0.25, -0.2) is 0 Å². The zero-order chi connectivity index (χ0) is 51.4. The molecule has 0 radical (unpaired) electrons. The van der Waals surface area contributed by atoms with Crippen molar-refractivity contribution in [1.29, 1.82) is 0 Å². The number of rotatable bonds is 50. The van der Waals surface area contributed by atoms with Crippen LogP contribution < -0.4 is 0 Å². The van der Waals surface area contributed by atoms with Gasteiger partial charge in [-0.1, -0.05) is 238 Å². The molecule has 71 heavy (non-hydrogen) atoms. The molecular formula is C65H104O6. The molecule has 6 heteroatoms. The van der Waals surface area contributed by atoms with E-state index in [1.165, 1.54) is 89.9 Å². The van der Waals surface area contributed by atoms with Gasteiger partial charge < -0.3 is 14.2 Å².